The van der Waals surface area contributed by atoms with Crippen LogP contribution in [0.15, 0.2) is 33.5 Å². The molecule has 1 unspecified atom stereocenters. The minimum Gasteiger partial charge on any atom is -0.423 e. The zero-order valence-corrected chi connectivity index (χ0v) is 11.4. The van der Waals surface area contributed by atoms with Crippen LogP contribution in [-0.2, 0) is 9.59 Å². The Bertz CT molecular complexity index is 794. The molecule has 2 heterocycles. The minimum absolute atomic E-state index is 0.115. The van der Waals surface area contributed by atoms with Crippen molar-refractivity contribution in [2.24, 2.45) is 0 Å². The Morgan fingerprint density at radius 2 is 2.14 bits per heavy atom. The van der Waals surface area contributed by atoms with Crippen molar-refractivity contribution in [3.05, 3.63) is 40.2 Å². The number of fused-ring (bicyclic) bond motifs is 1. The maximum absolute atomic E-state index is 12.0. The molecule has 1 fully saturated rings. The molecule has 0 radical (unpaired) electrons. The summed E-state index contributed by atoms with van der Waals surface area (Å²) >= 11 is 0. The Morgan fingerprint density at radius 1 is 1.33 bits per heavy atom. The highest BCUT2D eigenvalue weighted by Gasteiger charge is 2.27. The van der Waals surface area contributed by atoms with Gasteiger partial charge in [0.1, 0.15) is 11.6 Å². The summed E-state index contributed by atoms with van der Waals surface area (Å²) in [6.07, 6.45) is 0.857. The van der Waals surface area contributed by atoms with Gasteiger partial charge in [-0.25, -0.2) is 4.79 Å². The smallest absolute Gasteiger partial charge is 0.336 e. The maximum atomic E-state index is 12.0. The van der Waals surface area contributed by atoms with Crippen molar-refractivity contribution in [2.45, 2.75) is 25.8 Å². The van der Waals surface area contributed by atoms with Gasteiger partial charge in [0.15, 0.2) is 0 Å². The summed E-state index contributed by atoms with van der Waals surface area (Å²) in [5.41, 5.74) is 1.35. The van der Waals surface area contributed by atoms with E-state index in [4.69, 9.17) is 4.42 Å². The molecule has 6 nitrogen and oxygen atoms in total. The Hall–Kier alpha value is -2.63. The molecule has 1 aliphatic heterocycles. The summed E-state index contributed by atoms with van der Waals surface area (Å²) in [6, 6.07) is 6.06. The molecule has 2 N–H and O–H groups in total. The number of amides is 2. The van der Waals surface area contributed by atoms with Crippen molar-refractivity contribution in [2.75, 3.05) is 5.32 Å². The third-order valence-electron chi connectivity index (χ3n) is 3.53. The molecule has 0 saturated carbocycles. The van der Waals surface area contributed by atoms with Crippen LogP contribution in [0.3, 0.4) is 0 Å². The average molecular weight is 286 g/mol. The predicted octanol–water partition coefficient (Wildman–Crippen LogP) is 1.32. The molecule has 2 amide bonds. The van der Waals surface area contributed by atoms with E-state index in [2.05, 4.69) is 10.6 Å². The molecule has 1 aromatic heterocycles. The van der Waals surface area contributed by atoms with Crippen molar-refractivity contribution < 1.29 is 14.0 Å². The van der Waals surface area contributed by atoms with Crippen LogP contribution in [0.5, 0.6) is 0 Å². The van der Waals surface area contributed by atoms with Gasteiger partial charge in [0.25, 0.3) is 0 Å². The Balaban J connectivity index is 1.86. The lowest BCUT2D eigenvalue weighted by atomic mass is 10.1. The molecule has 1 atom stereocenters. The van der Waals surface area contributed by atoms with Crippen LogP contribution in [-0.4, -0.2) is 17.9 Å². The Morgan fingerprint density at radius 3 is 2.86 bits per heavy atom. The highest BCUT2D eigenvalue weighted by Crippen LogP contribution is 2.21. The molecule has 0 spiro atoms. The molecular formula is C15H14N2O4. The largest absolute Gasteiger partial charge is 0.423 e. The molecule has 108 valence electrons. The maximum Gasteiger partial charge on any atom is 0.336 e. The van der Waals surface area contributed by atoms with Gasteiger partial charge in [0.05, 0.1) is 0 Å². The number of carbonyl (C=O) groups excluding carboxylic acids is 2. The molecular weight excluding hydrogens is 272 g/mol. The third-order valence-corrected chi connectivity index (χ3v) is 3.53. The van der Waals surface area contributed by atoms with Crippen LogP contribution in [0, 0.1) is 6.92 Å². The zero-order valence-electron chi connectivity index (χ0n) is 11.4. The summed E-state index contributed by atoms with van der Waals surface area (Å²) in [5.74, 6) is -0.384. The van der Waals surface area contributed by atoms with Crippen molar-refractivity contribution in [3.8, 4) is 0 Å². The number of benzene rings is 1. The molecule has 0 aliphatic carbocycles. The van der Waals surface area contributed by atoms with Crippen molar-refractivity contribution in [1.82, 2.24) is 5.32 Å². The normalized spacial score (nSPS) is 17.8. The van der Waals surface area contributed by atoms with Gasteiger partial charge in [-0.1, -0.05) is 0 Å². The molecule has 1 aliphatic rings. The molecule has 0 bridgehead atoms. The predicted molar refractivity (Wildman–Crippen MR) is 77.0 cm³/mol. The lowest BCUT2D eigenvalue weighted by Gasteiger charge is -2.11. The van der Waals surface area contributed by atoms with E-state index in [1.54, 1.807) is 18.2 Å². The van der Waals surface area contributed by atoms with Crippen molar-refractivity contribution in [3.63, 3.8) is 0 Å². The van der Waals surface area contributed by atoms with E-state index in [0.717, 1.165) is 10.9 Å². The number of anilines is 1. The first-order valence-corrected chi connectivity index (χ1v) is 6.68. The average Bonchev–Trinajstić information content (AvgIpc) is 2.85. The second kappa shape index (κ2) is 5.05. The van der Waals surface area contributed by atoms with E-state index in [0.29, 0.717) is 24.1 Å². The highest BCUT2D eigenvalue weighted by molar-refractivity contribution is 6.00. The van der Waals surface area contributed by atoms with E-state index >= 15 is 0 Å². The second-order valence-electron chi connectivity index (χ2n) is 5.11. The molecule has 1 saturated heterocycles. The zero-order chi connectivity index (χ0) is 15.0. The van der Waals surface area contributed by atoms with Gasteiger partial charge in [-0.05, 0) is 31.0 Å². The first kappa shape index (κ1) is 13.4. The summed E-state index contributed by atoms with van der Waals surface area (Å²) in [7, 11) is 0. The van der Waals surface area contributed by atoms with Crippen LogP contribution in [0.25, 0.3) is 11.0 Å². The topological polar surface area (TPSA) is 88.4 Å². The van der Waals surface area contributed by atoms with Crippen molar-refractivity contribution in [1.29, 1.82) is 0 Å². The van der Waals surface area contributed by atoms with Crippen LogP contribution in [0.1, 0.15) is 18.4 Å². The fourth-order valence-corrected chi connectivity index (χ4v) is 2.44. The lowest BCUT2D eigenvalue weighted by molar-refractivity contribution is -0.122. The van der Waals surface area contributed by atoms with Gasteiger partial charge < -0.3 is 15.1 Å². The first-order chi connectivity index (χ1) is 10.0. The van der Waals surface area contributed by atoms with Crippen LogP contribution in [0.2, 0.25) is 0 Å². The number of hydrogen-bond acceptors (Lipinski definition) is 4. The van der Waals surface area contributed by atoms with E-state index in [1.165, 1.54) is 6.07 Å². The second-order valence-corrected chi connectivity index (χ2v) is 5.11. The highest BCUT2D eigenvalue weighted by atomic mass is 16.4. The monoisotopic (exact) mass is 286 g/mol. The molecule has 1 aromatic carbocycles. The van der Waals surface area contributed by atoms with Gasteiger partial charge in [0.2, 0.25) is 11.8 Å². The van der Waals surface area contributed by atoms with E-state index < -0.39 is 11.7 Å². The number of hydrogen-bond donors (Lipinski definition) is 2. The molecule has 2 aromatic rings. The Labute approximate surface area is 120 Å². The van der Waals surface area contributed by atoms with Gasteiger partial charge in [-0.3, -0.25) is 9.59 Å². The van der Waals surface area contributed by atoms with E-state index in [-0.39, 0.29) is 11.8 Å². The van der Waals surface area contributed by atoms with Gasteiger partial charge in [0, 0.05) is 29.6 Å². The fourth-order valence-electron chi connectivity index (χ4n) is 2.44. The molecule has 21 heavy (non-hydrogen) atoms. The van der Waals surface area contributed by atoms with Crippen LogP contribution >= 0.6 is 0 Å². The standard InChI is InChI=1S/C15H14N2O4/c1-8-6-14(19)21-12-7-9(2-3-10(8)12)16-15(20)11-4-5-13(18)17-11/h2-3,6-7,11H,4-5H2,1H3,(H,16,20)(H,17,18). The summed E-state index contributed by atoms with van der Waals surface area (Å²) in [5, 5.41) is 6.15. The van der Waals surface area contributed by atoms with Crippen LogP contribution in [0.4, 0.5) is 5.69 Å². The minimum atomic E-state index is -0.502. The summed E-state index contributed by atoms with van der Waals surface area (Å²) in [4.78, 5) is 34.5. The van der Waals surface area contributed by atoms with Crippen LogP contribution < -0.4 is 16.3 Å². The quantitative estimate of drug-likeness (QED) is 0.815. The summed E-state index contributed by atoms with van der Waals surface area (Å²) < 4.78 is 5.13. The number of nitrogens with one attached hydrogen (secondary N) is 2. The van der Waals surface area contributed by atoms with E-state index in [1.807, 2.05) is 6.92 Å². The van der Waals surface area contributed by atoms with Gasteiger partial charge >= 0.3 is 5.63 Å². The number of rotatable bonds is 2. The first-order valence-electron chi connectivity index (χ1n) is 6.68. The number of carbonyl (C=O) groups is 2. The van der Waals surface area contributed by atoms with Crippen molar-refractivity contribution >= 4 is 28.5 Å². The lowest BCUT2D eigenvalue weighted by Crippen LogP contribution is -2.37. The van der Waals surface area contributed by atoms with Gasteiger partial charge in [-0.15, -0.1) is 0 Å². The molecule has 3 rings (SSSR count). The third kappa shape index (κ3) is 2.65. The Kier molecular flexibility index (Phi) is 3.21. The molecule has 6 heteroatoms. The van der Waals surface area contributed by atoms with Gasteiger partial charge in [-0.2, -0.15) is 0 Å². The fraction of sp³-hybridized carbons (Fsp3) is 0.267. The van der Waals surface area contributed by atoms with E-state index in [9.17, 15) is 14.4 Å². The SMILES string of the molecule is Cc1cc(=O)oc2cc(NC(=O)C3CCC(=O)N3)ccc12. The summed E-state index contributed by atoms with van der Waals surface area (Å²) in [6.45, 7) is 1.82. The number of aryl methyl sites for hydroxylation is 1.